The SMILES string of the molecule is COc1cc(C)ccc1NC(C)c1ccc(O)cc1O. The molecular weight excluding hydrogens is 254 g/mol. The number of phenols is 2. The molecule has 3 N–H and O–H groups in total. The number of benzene rings is 2. The Balaban J connectivity index is 2.25. The van der Waals surface area contributed by atoms with Gasteiger partial charge in [-0.25, -0.2) is 0 Å². The van der Waals surface area contributed by atoms with Gasteiger partial charge in [0.1, 0.15) is 17.2 Å². The van der Waals surface area contributed by atoms with E-state index in [0.717, 1.165) is 17.0 Å². The van der Waals surface area contributed by atoms with E-state index in [1.165, 1.54) is 6.07 Å². The molecule has 20 heavy (non-hydrogen) atoms. The Kier molecular flexibility index (Phi) is 4.03. The number of rotatable bonds is 4. The van der Waals surface area contributed by atoms with Crippen molar-refractivity contribution in [2.24, 2.45) is 0 Å². The normalized spacial score (nSPS) is 11.9. The molecule has 2 rings (SSSR count). The van der Waals surface area contributed by atoms with Crippen LogP contribution in [-0.4, -0.2) is 17.3 Å². The first-order valence-electron chi connectivity index (χ1n) is 6.44. The summed E-state index contributed by atoms with van der Waals surface area (Å²) in [6.07, 6.45) is 0. The van der Waals surface area contributed by atoms with Crippen molar-refractivity contribution < 1.29 is 14.9 Å². The molecular formula is C16H19NO3. The van der Waals surface area contributed by atoms with Crippen LogP contribution in [0.4, 0.5) is 5.69 Å². The van der Waals surface area contributed by atoms with Gasteiger partial charge in [0.15, 0.2) is 0 Å². The molecule has 0 aromatic heterocycles. The molecule has 4 nitrogen and oxygen atoms in total. The van der Waals surface area contributed by atoms with Gasteiger partial charge in [0.2, 0.25) is 0 Å². The minimum Gasteiger partial charge on any atom is -0.508 e. The van der Waals surface area contributed by atoms with E-state index in [0.29, 0.717) is 5.56 Å². The molecule has 2 aromatic rings. The number of nitrogens with one attached hydrogen (secondary N) is 1. The summed E-state index contributed by atoms with van der Waals surface area (Å²) in [5.74, 6) is 0.873. The van der Waals surface area contributed by atoms with Crippen molar-refractivity contribution in [2.45, 2.75) is 19.9 Å². The minimum atomic E-state index is -0.118. The molecule has 0 saturated carbocycles. The van der Waals surface area contributed by atoms with Crippen LogP contribution in [0.15, 0.2) is 36.4 Å². The third kappa shape index (κ3) is 2.96. The average Bonchev–Trinajstić information content (AvgIpc) is 2.40. The zero-order chi connectivity index (χ0) is 14.7. The molecule has 4 heteroatoms. The van der Waals surface area contributed by atoms with E-state index in [2.05, 4.69) is 5.32 Å². The van der Waals surface area contributed by atoms with Gasteiger partial charge in [0, 0.05) is 11.6 Å². The highest BCUT2D eigenvalue weighted by molar-refractivity contribution is 5.59. The van der Waals surface area contributed by atoms with Crippen LogP contribution in [0.2, 0.25) is 0 Å². The van der Waals surface area contributed by atoms with Crippen LogP contribution in [0.25, 0.3) is 0 Å². The van der Waals surface area contributed by atoms with Gasteiger partial charge in [0.25, 0.3) is 0 Å². The van der Waals surface area contributed by atoms with Crippen molar-refractivity contribution in [2.75, 3.05) is 12.4 Å². The molecule has 0 fully saturated rings. The van der Waals surface area contributed by atoms with E-state index in [-0.39, 0.29) is 17.5 Å². The standard InChI is InChI=1S/C16H19NO3/c1-10-4-7-14(16(8-10)20-3)17-11(2)13-6-5-12(18)9-15(13)19/h4-9,11,17-19H,1-3H3. The second kappa shape index (κ2) is 5.74. The smallest absolute Gasteiger partial charge is 0.142 e. The summed E-state index contributed by atoms with van der Waals surface area (Å²) >= 11 is 0. The molecule has 2 aromatic carbocycles. The van der Waals surface area contributed by atoms with Gasteiger partial charge in [-0.05, 0) is 43.7 Å². The molecule has 1 atom stereocenters. The quantitative estimate of drug-likeness (QED) is 0.796. The highest BCUT2D eigenvalue weighted by Crippen LogP contribution is 2.33. The topological polar surface area (TPSA) is 61.7 Å². The summed E-state index contributed by atoms with van der Waals surface area (Å²) in [6.45, 7) is 3.94. The maximum absolute atomic E-state index is 9.88. The Morgan fingerprint density at radius 1 is 1.10 bits per heavy atom. The zero-order valence-corrected chi connectivity index (χ0v) is 11.8. The summed E-state index contributed by atoms with van der Waals surface area (Å²) in [6, 6.07) is 10.4. The summed E-state index contributed by atoms with van der Waals surface area (Å²) in [4.78, 5) is 0. The van der Waals surface area contributed by atoms with Crippen molar-refractivity contribution in [1.29, 1.82) is 0 Å². The van der Waals surface area contributed by atoms with Gasteiger partial charge in [-0.3, -0.25) is 0 Å². The fourth-order valence-electron chi connectivity index (χ4n) is 2.13. The fraction of sp³-hybridized carbons (Fsp3) is 0.250. The van der Waals surface area contributed by atoms with Crippen LogP contribution in [-0.2, 0) is 0 Å². The minimum absolute atomic E-state index is 0.0476. The zero-order valence-electron chi connectivity index (χ0n) is 11.8. The summed E-state index contributed by atoms with van der Waals surface area (Å²) in [5.41, 5.74) is 2.69. The van der Waals surface area contributed by atoms with Gasteiger partial charge >= 0.3 is 0 Å². The highest BCUT2D eigenvalue weighted by atomic mass is 16.5. The van der Waals surface area contributed by atoms with Gasteiger partial charge in [-0.15, -0.1) is 0 Å². The molecule has 0 amide bonds. The number of anilines is 1. The third-order valence-electron chi connectivity index (χ3n) is 3.21. The van der Waals surface area contributed by atoms with E-state index < -0.39 is 0 Å². The molecule has 0 aliphatic heterocycles. The first-order valence-corrected chi connectivity index (χ1v) is 6.44. The van der Waals surface area contributed by atoms with Gasteiger partial charge < -0.3 is 20.3 Å². The van der Waals surface area contributed by atoms with Crippen LogP contribution in [0.1, 0.15) is 24.1 Å². The molecule has 0 aliphatic rings. The fourth-order valence-corrected chi connectivity index (χ4v) is 2.13. The van der Waals surface area contributed by atoms with Gasteiger partial charge in [0.05, 0.1) is 18.8 Å². The number of hydrogen-bond acceptors (Lipinski definition) is 4. The number of aromatic hydroxyl groups is 2. The number of methoxy groups -OCH3 is 1. The number of aryl methyl sites for hydroxylation is 1. The van der Waals surface area contributed by atoms with Crippen molar-refractivity contribution in [3.63, 3.8) is 0 Å². The van der Waals surface area contributed by atoms with Crippen LogP contribution < -0.4 is 10.1 Å². The predicted molar refractivity (Wildman–Crippen MR) is 79.5 cm³/mol. The largest absolute Gasteiger partial charge is 0.508 e. The van der Waals surface area contributed by atoms with Crippen molar-refractivity contribution in [3.05, 3.63) is 47.5 Å². The van der Waals surface area contributed by atoms with Crippen LogP contribution in [0, 0.1) is 6.92 Å². The first-order chi connectivity index (χ1) is 9.51. The molecule has 0 aliphatic carbocycles. The second-order valence-corrected chi connectivity index (χ2v) is 4.81. The molecule has 0 saturated heterocycles. The van der Waals surface area contributed by atoms with E-state index in [1.807, 2.05) is 32.0 Å². The molecule has 1 unspecified atom stereocenters. The van der Waals surface area contributed by atoms with Crippen LogP contribution in [0.3, 0.4) is 0 Å². The van der Waals surface area contributed by atoms with E-state index in [1.54, 1.807) is 19.2 Å². The van der Waals surface area contributed by atoms with Crippen LogP contribution in [0.5, 0.6) is 17.2 Å². The Morgan fingerprint density at radius 2 is 1.85 bits per heavy atom. The molecule has 0 bridgehead atoms. The molecule has 0 heterocycles. The maximum atomic E-state index is 9.88. The summed E-state index contributed by atoms with van der Waals surface area (Å²) < 4.78 is 5.35. The summed E-state index contributed by atoms with van der Waals surface area (Å²) in [7, 11) is 1.63. The first kappa shape index (κ1) is 14.1. The lowest BCUT2D eigenvalue weighted by Gasteiger charge is -2.19. The van der Waals surface area contributed by atoms with E-state index in [4.69, 9.17) is 4.74 Å². The Labute approximate surface area is 118 Å². The lowest BCUT2D eigenvalue weighted by molar-refractivity contribution is 0.415. The second-order valence-electron chi connectivity index (χ2n) is 4.81. The van der Waals surface area contributed by atoms with Gasteiger partial charge in [-0.2, -0.15) is 0 Å². The average molecular weight is 273 g/mol. The Hall–Kier alpha value is -2.36. The van der Waals surface area contributed by atoms with E-state index in [9.17, 15) is 10.2 Å². The number of phenolic OH excluding ortho intramolecular Hbond substituents is 2. The molecule has 0 spiro atoms. The van der Waals surface area contributed by atoms with Crippen LogP contribution >= 0.6 is 0 Å². The van der Waals surface area contributed by atoms with Crippen molar-refractivity contribution in [3.8, 4) is 17.2 Å². The molecule has 106 valence electrons. The lowest BCUT2D eigenvalue weighted by atomic mass is 10.1. The van der Waals surface area contributed by atoms with Crippen molar-refractivity contribution >= 4 is 5.69 Å². The highest BCUT2D eigenvalue weighted by Gasteiger charge is 2.13. The Morgan fingerprint density at radius 3 is 2.50 bits per heavy atom. The number of hydrogen-bond donors (Lipinski definition) is 3. The third-order valence-corrected chi connectivity index (χ3v) is 3.21. The monoisotopic (exact) mass is 273 g/mol. The Bertz CT molecular complexity index is 611. The predicted octanol–water partition coefficient (Wildman–Crippen LogP) is 3.59. The molecule has 0 radical (unpaired) electrons. The van der Waals surface area contributed by atoms with E-state index >= 15 is 0 Å². The summed E-state index contributed by atoms with van der Waals surface area (Å²) in [5, 5.41) is 22.5. The number of ether oxygens (including phenoxy) is 1. The lowest BCUT2D eigenvalue weighted by Crippen LogP contribution is -2.08. The maximum Gasteiger partial charge on any atom is 0.142 e. The van der Waals surface area contributed by atoms with Crippen molar-refractivity contribution in [1.82, 2.24) is 0 Å². The van der Waals surface area contributed by atoms with Gasteiger partial charge in [-0.1, -0.05) is 6.07 Å².